The Morgan fingerprint density at radius 1 is 1.00 bits per heavy atom. The molecule has 0 spiro atoms. The van der Waals surface area contributed by atoms with Gasteiger partial charge in [0.2, 0.25) is 0 Å². The molecular weight excluding hydrogens is 300 g/mol. The number of fused-ring (bicyclic) bond motifs is 1. The van der Waals surface area contributed by atoms with E-state index in [9.17, 15) is 4.79 Å². The summed E-state index contributed by atoms with van der Waals surface area (Å²) in [5.74, 6) is 0. The number of aromatic amines is 1. The lowest BCUT2D eigenvalue weighted by molar-refractivity contribution is 0.904. The van der Waals surface area contributed by atoms with Crippen LogP contribution in [-0.2, 0) is 0 Å². The lowest BCUT2D eigenvalue weighted by Crippen LogP contribution is -2.14. The van der Waals surface area contributed by atoms with Crippen LogP contribution in [0.5, 0.6) is 0 Å². The van der Waals surface area contributed by atoms with Gasteiger partial charge in [0.05, 0.1) is 11.4 Å². The van der Waals surface area contributed by atoms with E-state index in [4.69, 9.17) is 0 Å². The second-order valence-electron chi connectivity index (χ2n) is 5.86. The van der Waals surface area contributed by atoms with Gasteiger partial charge >= 0.3 is 0 Å². The van der Waals surface area contributed by atoms with Crippen molar-refractivity contribution >= 4 is 5.65 Å². The molecule has 0 atom stereocenters. The normalized spacial score (nSPS) is 11.1. The summed E-state index contributed by atoms with van der Waals surface area (Å²) in [6, 6.07) is 13.4. The lowest BCUT2D eigenvalue weighted by Gasteiger charge is -2.01. The van der Waals surface area contributed by atoms with Gasteiger partial charge in [-0.25, -0.2) is 9.50 Å². The van der Waals surface area contributed by atoms with Crippen LogP contribution in [0.3, 0.4) is 0 Å². The van der Waals surface area contributed by atoms with Crippen molar-refractivity contribution in [1.82, 2.24) is 19.6 Å². The van der Waals surface area contributed by atoms with Crippen molar-refractivity contribution in [2.45, 2.75) is 13.8 Å². The van der Waals surface area contributed by atoms with Crippen LogP contribution >= 0.6 is 0 Å². The minimum absolute atomic E-state index is 0.131. The van der Waals surface area contributed by atoms with E-state index in [0.29, 0.717) is 11.3 Å². The maximum absolute atomic E-state index is 12.5. The second-order valence-corrected chi connectivity index (χ2v) is 5.86. The maximum Gasteiger partial charge on any atom is 0.273 e. The molecule has 0 unspecified atom stereocenters. The van der Waals surface area contributed by atoms with Crippen molar-refractivity contribution in [3.8, 4) is 22.5 Å². The van der Waals surface area contributed by atoms with Crippen molar-refractivity contribution in [2.24, 2.45) is 0 Å². The van der Waals surface area contributed by atoms with Crippen LogP contribution in [0, 0.1) is 13.8 Å². The summed E-state index contributed by atoms with van der Waals surface area (Å²) >= 11 is 0. The summed E-state index contributed by atoms with van der Waals surface area (Å²) in [4.78, 5) is 21.2. The Morgan fingerprint density at radius 2 is 1.79 bits per heavy atom. The number of nitrogens with one attached hydrogen (secondary N) is 1. The van der Waals surface area contributed by atoms with Crippen molar-refractivity contribution < 1.29 is 0 Å². The van der Waals surface area contributed by atoms with E-state index in [1.807, 2.05) is 44.2 Å². The fraction of sp³-hybridized carbons (Fsp3) is 0.105. The van der Waals surface area contributed by atoms with E-state index in [0.717, 1.165) is 22.4 Å². The van der Waals surface area contributed by atoms with Gasteiger partial charge in [0.15, 0.2) is 5.65 Å². The summed E-state index contributed by atoms with van der Waals surface area (Å²) in [7, 11) is 0. The molecule has 1 aromatic carbocycles. The average Bonchev–Trinajstić information content (AvgIpc) is 2.93. The SMILES string of the molecule is Cc1cccc(-c2[nH]n3c(=O)cc(-c4ccncc4)nc3c2C)c1. The molecule has 1 N–H and O–H groups in total. The molecule has 118 valence electrons. The van der Waals surface area contributed by atoms with Crippen molar-refractivity contribution in [3.05, 3.63) is 76.3 Å². The number of pyridine rings is 1. The van der Waals surface area contributed by atoms with Crippen LogP contribution in [0.2, 0.25) is 0 Å². The van der Waals surface area contributed by atoms with Gasteiger partial charge in [-0.3, -0.25) is 14.9 Å². The first kappa shape index (κ1) is 14.4. The molecule has 4 rings (SSSR count). The van der Waals surface area contributed by atoms with Crippen LogP contribution in [0.1, 0.15) is 11.1 Å². The van der Waals surface area contributed by atoms with Gasteiger partial charge in [-0.1, -0.05) is 23.8 Å². The summed E-state index contributed by atoms with van der Waals surface area (Å²) in [5, 5.41) is 3.18. The number of rotatable bonds is 2. The van der Waals surface area contributed by atoms with Crippen LogP contribution in [-0.4, -0.2) is 19.6 Å². The van der Waals surface area contributed by atoms with Crippen LogP contribution in [0.4, 0.5) is 0 Å². The first-order valence-corrected chi connectivity index (χ1v) is 7.73. The standard InChI is InChI=1S/C19H16N4O/c1-12-4-3-5-15(10-12)18-13(2)19-21-16(11-17(24)23(19)22-18)14-6-8-20-9-7-14/h3-11,22H,1-2H3. The number of benzene rings is 1. The molecule has 0 amide bonds. The molecule has 0 aliphatic carbocycles. The van der Waals surface area contributed by atoms with E-state index in [1.54, 1.807) is 12.4 Å². The molecule has 0 radical (unpaired) electrons. The Bertz CT molecular complexity index is 1090. The Balaban J connectivity index is 1.96. The van der Waals surface area contributed by atoms with E-state index in [1.165, 1.54) is 16.1 Å². The minimum Gasteiger partial charge on any atom is -0.289 e. The van der Waals surface area contributed by atoms with Crippen molar-refractivity contribution in [2.75, 3.05) is 0 Å². The van der Waals surface area contributed by atoms with Gasteiger partial charge in [0.1, 0.15) is 0 Å². The molecular formula is C19H16N4O. The lowest BCUT2D eigenvalue weighted by atomic mass is 10.1. The molecule has 5 heteroatoms. The minimum atomic E-state index is -0.131. The fourth-order valence-electron chi connectivity index (χ4n) is 2.90. The van der Waals surface area contributed by atoms with Crippen molar-refractivity contribution in [1.29, 1.82) is 0 Å². The van der Waals surface area contributed by atoms with Gasteiger partial charge in [0.25, 0.3) is 5.56 Å². The third-order valence-electron chi connectivity index (χ3n) is 4.14. The van der Waals surface area contributed by atoms with Gasteiger partial charge in [-0.15, -0.1) is 0 Å². The molecule has 5 nitrogen and oxygen atoms in total. The van der Waals surface area contributed by atoms with Crippen molar-refractivity contribution in [3.63, 3.8) is 0 Å². The van der Waals surface area contributed by atoms with E-state index in [2.05, 4.69) is 21.1 Å². The van der Waals surface area contributed by atoms with Gasteiger partial charge < -0.3 is 0 Å². The Labute approximate surface area is 138 Å². The summed E-state index contributed by atoms with van der Waals surface area (Å²) in [6.07, 6.45) is 3.39. The van der Waals surface area contributed by atoms with Gasteiger partial charge in [-0.2, -0.15) is 0 Å². The van der Waals surface area contributed by atoms with Crippen LogP contribution in [0.15, 0.2) is 59.7 Å². The number of H-pyrrole nitrogens is 1. The third-order valence-corrected chi connectivity index (χ3v) is 4.14. The molecule has 0 aliphatic rings. The zero-order valence-corrected chi connectivity index (χ0v) is 13.4. The smallest absolute Gasteiger partial charge is 0.273 e. The highest BCUT2D eigenvalue weighted by atomic mass is 16.1. The number of nitrogens with zero attached hydrogens (tertiary/aromatic N) is 3. The molecule has 0 aliphatic heterocycles. The highest BCUT2D eigenvalue weighted by Gasteiger charge is 2.14. The predicted octanol–water partition coefficient (Wildman–Crippen LogP) is 3.37. The zero-order chi connectivity index (χ0) is 16.7. The fourth-order valence-corrected chi connectivity index (χ4v) is 2.90. The first-order chi connectivity index (χ1) is 11.6. The highest BCUT2D eigenvalue weighted by Crippen LogP contribution is 2.25. The number of hydrogen-bond donors (Lipinski definition) is 1. The highest BCUT2D eigenvalue weighted by molar-refractivity contribution is 5.72. The number of aryl methyl sites for hydroxylation is 2. The molecule has 3 aromatic heterocycles. The van der Waals surface area contributed by atoms with Crippen LogP contribution in [0.25, 0.3) is 28.2 Å². The quantitative estimate of drug-likeness (QED) is 0.617. The molecule has 0 bridgehead atoms. The molecule has 4 aromatic rings. The predicted molar refractivity (Wildman–Crippen MR) is 94.0 cm³/mol. The first-order valence-electron chi connectivity index (χ1n) is 7.73. The van der Waals surface area contributed by atoms with Gasteiger partial charge in [0, 0.05) is 35.2 Å². The summed E-state index contributed by atoms with van der Waals surface area (Å²) in [5.41, 5.74) is 6.12. The van der Waals surface area contributed by atoms with Crippen LogP contribution < -0.4 is 5.56 Å². The number of hydrogen-bond acceptors (Lipinski definition) is 3. The number of aromatic nitrogens is 4. The summed E-state index contributed by atoms with van der Waals surface area (Å²) < 4.78 is 1.50. The monoisotopic (exact) mass is 316 g/mol. The maximum atomic E-state index is 12.5. The topological polar surface area (TPSA) is 63.0 Å². The molecule has 0 saturated heterocycles. The third kappa shape index (κ3) is 2.31. The largest absolute Gasteiger partial charge is 0.289 e. The molecule has 24 heavy (non-hydrogen) atoms. The average molecular weight is 316 g/mol. The molecule has 0 fully saturated rings. The molecule has 0 saturated carbocycles. The van der Waals surface area contributed by atoms with E-state index >= 15 is 0 Å². The summed E-state index contributed by atoms with van der Waals surface area (Å²) in [6.45, 7) is 4.03. The molecule has 3 heterocycles. The van der Waals surface area contributed by atoms with Gasteiger partial charge in [-0.05, 0) is 32.0 Å². The van der Waals surface area contributed by atoms with E-state index in [-0.39, 0.29) is 5.56 Å². The Kier molecular flexibility index (Phi) is 3.27. The Morgan fingerprint density at radius 3 is 2.54 bits per heavy atom. The second kappa shape index (κ2) is 5.45. The Hall–Kier alpha value is -3.21. The van der Waals surface area contributed by atoms with E-state index < -0.39 is 0 Å². The zero-order valence-electron chi connectivity index (χ0n) is 13.4.